The number of aromatic amines is 1. The molecular weight excluding hydrogens is 406 g/mol. The van der Waals surface area contributed by atoms with Crippen LogP contribution in [0.5, 0.6) is 0 Å². The van der Waals surface area contributed by atoms with E-state index >= 15 is 0 Å². The van der Waals surface area contributed by atoms with E-state index in [1.54, 1.807) is 24.1 Å². The summed E-state index contributed by atoms with van der Waals surface area (Å²) in [7, 11) is 1.70. The number of carbonyl (C=O) groups excluding carboxylic acids is 1. The largest absolute Gasteiger partial charge is 0.388 e. The van der Waals surface area contributed by atoms with Crippen LogP contribution in [0.3, 0.4) is 0 Å². The highest BCUT2D eigenvalue weighted by Gasteiger charge is 2.42. The van der Waals surface area contributed by atoms with Gasteiger partial charge < -0.3 is 15.3 Å². The number of nitrogens with zero attached hydrogens (tertiary/aromatic N) is 2. The Hall–Kier alpha value is -2.52. The number of nitrogens with one attached hydrogen (secondary N) is 2. The summed E-state index contributed by atoms with van der Waals surface area (Å²) in [5.41, 5.74) is -1.13. The maximum absolute atomic E-state index is 13.3. The van der Waals surface area contributed by atoms with E-state index in [0.29, 0.717) is 11.5 Å². The third kappa shape index (κ3) is 5.10. The van der Waals surface area contributed by atoms with E-state index in [2.05, 4.69) is 15.3 Å². The molecule has 0 aliphatic heterocycles. The molecule has 1 aromatic carbocycles. The Labute approximate surface area is 170 Å². The molecule has 1 amide bonds. The quantitative estimate of drug-likeness (QED) is 0.683. The van der Waals surface area contributed by atoms with E-state index in [-0.39, 0.29) is 30.0 Å². The zero-order chi connectivity index (χ0) is 21.2. The van der Waals surface area contributed by atoms with Gasteiger partial charge in [-0.25, -0.2) is 18.6 Å². The van der Waals surface area contributed by atoms with Crippen molar-refractivity contribution in [2.24, 2.45) is 0 Å². The zero-order valence-corrected chi connectivity index (χ0v) is 16.5. The van der Waals surface area contributed by atoms with Gasteiger partial charge in [0.15, 0.2) is 0 Å². The molecule has 10 heteroatoms. The molecule has 29 heavy (non-hydrogen) atoms. The number of halogens is 3. The molecule has 1 heterocycles. The van der Waals surface area contributed by atoms with Crippen LogP contribution < -0.4 is 15.9 Å². The minimum Gasteiger partial charge on any atom is -0.388 e. The van der Waals surface area contributed by atoms with Crippen molar-refractivity contribution in [3.05, 3.63) is 51.5 Å². The molecule has 1 saturated carbocycles. The maximum atomic E-state index is 13.3. The molecule has 3 rings (SSSR count). The number of alkyl halides is 2. The van der Waals surface area contributed by atoms with Gasteiger partial charge in [-0.05, 0) is 37.1 Å². The lowest BCUT2D eigenvalue weighted by Gasteiger charge is -2.35. The summed E-state index contributed by atoms with van der Waals surface area (Å²) in [6, 6.07) is 6.35. The number of aromatic nitrogens is 2. The molecule has 2 aromatic rings. The first-order chi connectivity index (χ1) is 13.6. The molecule has 7 nitrogen and oxygen atoms in total. The van der Waals surface area contributed by atoms with Crippen molar-refractivity contribution in [3.63, 3.8) is 0 Å². The smallest absolute Gasteiger partial charge is 0.346 e. The first-order valence-corrected chi connectivity index (χ1v) is 9.43. The molecule has 0 saturated heterocycles. The fourth-order valence-electron chi connectivity index (χ4n) is 3.19. The van der Waals surface area contributed by atoms with Crippen molar-refractivity contribution < 1.29 is 18.7 Å². The molecule has 0 radical (unpaired) electrons. The van der Waals surface area contributed by atoms with Gasteiger partial charge in [-0.1, -0.05) is 11.6 Å². The number of aliphatic hydroxyl groups is 1. The van der Waals surface area contributed by atoms with Crippen LogP contribution in [-0.2, 0) is 0 Å². The molecule has 1 aliphatic rings. The molecule has 1 fully saturated rings. The highest BCUT2D eigenvalue weighted by atomic mass is 35.5. The minimum atomic E-state index is -2.77. The first kappa shape index (κ1) is 21.2. The van der Waals surface area contributed by atoms with Crippen molar-refractivity contribution in [1.29, 1.82) is 0 Å². The van der Waals surface area contributed by atoms with Gasteiger partial charge in [0.1, 0.15) is 5.82 Å². The summed E-state index contributed by atoms with van der Waals surface area (Å²) in [5, 5.41) is 13.2. The molecule has 156 valence electrons. The number of hydrogen-bond acceptors (Lipinski definition) is 5. The van der Waals surface area contributed by atoms with Gasteiger partial charge in [-0.2, -0.15) is 0 Å². The van der Waals surface area contributed by atoms with Crippen molar-refractivity contribution in [1.82, 2.24) is 15.3 Å². The van der Waals surface area contributed by atoms with Crippen LogP contribution in [0.25, 0.3) is 0 Å². The number of H-pyrrole nitrogens is 1. The molecule has 0 bridgehead atoms. The number of amides is 1. The third-order valence-corrected chi connectivity index (χ3v) is 5.42. The minimum absolute atomic E-state index is 0.0911. The van der Waals surface area contributed by atoms with Crippen LogP contribution >= 0.6 is 11.6 Å². The van der Waals surface area contributed by atoms with Crippen LogP contribution in [0, 0.1) is 0 Å². The Morgan fingerprint density at radius 2 is 2.00 bits per heavy atom. The lowest BCUT2D eigenvalue weighted by molar-refractivity contribution is -0.101. The monoisotopic (exact) mass is 426 g/mol. The van der Waals surface area contributed by atoms with Gasteiger partial charge in [-0.3, -0.25) is 9.78 Å². The van der Waals surface area contributed by atoms with E-state index in [1.165, 1.54) is 18.3 Å². The summed E-state index contributed by atoms with van der Waals surface area (Å²) in [4.78, 5) is 31.8. The van der Waals surface area contributed by atoms with Crippen molar-refractivity contribution >= 4 is 29.0 Å². The Kier molecular flexibility index (Phi) is 5.90. The number of carbonyl (C=O) groups is 1. The Balaban J connectivity index is 1.72. The predicted octanol–water partition coefficient (Wildman–Crippen LogP) is 2.86. The fourth-order valence-corrected chi connectivity index (χ4v) is 3.39. The predicted molar refractivity (Wildman–Crippen MR) is 105 cm³/mol. The Morgan fingerprint density at radius 3 is 2.66 bits per heavy atom. The molecule has 0 unspecified atom stereocenters. The van der Waals surface area contributed by atoms with E-state index in [9.17, 15) is 23.5 Å². The van der Waals surface area contributed by atoms with Gasteiger partial charge in [0.2, 0.25) is 5.92 Å². The van der Waals surface area contributed by atoms with Gasteiger partial charge in [0, 0.05) is 38.3 Å². The second-order valence-corrected chi connectivity index (χ2v) is 7.65. The fraction of sp³-hybridized carbons (Fsp3) is 0.421. The Bertz CT molecular complexity index is 956. The molecule has 1 aromatic heterocycles. The normalized spacial score (nSPS) is 17.6. The summed E-state index contributed by atoms with van der Waals surface area (Å²) in [6.07, 6.45) is 0.357. The SMILES string of the molecule is CN(c1ccc(Cl)c(C(=O)NCC2(O)CCC(F)(F)CC2)c1)c1ccnc(=O)[nH]1. The molecule has 3 N–H and O–H groups in total. The van der Waals surface area contributed by atoms with E-state index in [1.807, 2.05) is 0 Å². The standard InChI is InChI=1S/C19H21ClF2N4O3/c1-26(15-4-9-23-17(28)25-15)12-2-3-14(20)13(10-12)16(27)24-11-18(29)5-7-19(21,22)8-6-18/h2-4,9-10,29H,5-8,11H2,1H3,(H,24,27)(H,23,25,28). The summed E-state index contributed by atoms with van der Waals surface area (Å²) >= 11 is 6.15. The average molecular weight is 427 g/mol. The van der Waals surface area contributed by atoms with Gasteiger partial charge in [0.05, 0.1) is 16.2 Å². The second kappa shape index (κ2) is 8.08. The van der Waals surface area contributed by atoms with E-state index in [0.717, 1.165) is 0 Å². The lowest BCUT2D eigenvalue weighted by atomic mass is 9.82. The number of benzene rings is 1. The van der Waals surface area contributed by atoms with Crippen molar-refractivity contribution in [2.45, 2.75) is 37.2 Å². The van der Waals surface area contributed by atoms with E-state index in [4.69, 9.17) is 11.6 Å². The van der Waals surface area contributed by atoms with Crippen molar-refractivity contribution in [2.75, 3.05) is 18.5 Å². The number of hydrogen-bond donors (Lipinski definition) is 3. The molecule has 1 aliphatic carbocycles. The summed E-state index contributed by atoms with van der Waals surface area (Å²) in [5.74, 6) is -2.83. The van der Waals surface area contributed by atoms with Crippen LogP contribution in [0.15, 0.2) is 35.3 Å². The van der Waals surface area contributed by atoms with Crippen LogP contribution in [0.2, 0.25) is 5.02 Å². The second-order valence-electron chi connectivity index (χ2n) is 7.25. The average Bonchev–Trinajstić information content (AvgIpc) is 2.69. The van der Waals surface area contributed by atoms with Gasteiger partial charge in [-0.15, -0.1) is 0 Å². The van der Waals surface area contributed by atoms with Crippen LogP contribution in [0.1, 0.15) is 36.0 Å². The van der Waals surface area contributed by atoms with Crippen LogP contribution in [0.4, 0.5) is 20.3 Å². The van der Waals surface area contributed by atoms with Gasteiger partial charge in [0.25, 0.3) is 5.91 Å². The molecule has 0 atom stereocenters. The van der Waals surface area contributed by atoms with E-state index < -0.39 is 36.0 Å². The number of rotatable bonds is 5. The molecule has 0 spiro atoms. The first-order valence-electron chi connectivity index (χ1n) is 9.06. The topological polar surface area (TPSA) is 98.3 Å². The van der Waals surface area contributed by atoms with Crippen LogP contribution in [-0.4, -0.2) is 46.1 Å². The third-order valence-electron chi connectivity index (χ3n) is 5.09. The van der Waals surface area contributed by atoms with Crippen molar-refractivity contribution in [3.8, 4) is 0 Å². The summed E-state index contributed by atoms with van der Waals surface area (Å²) < 4.78 is 26.6. The lowest BCUT2D eigenvalue weighted by Crippen LogP contribution is -2.47. The summed E-state index contributed by atoms with van der Waals surface area (Å²) in [6.45, 7) is -0.143. The zero-order valence-electron chi connectivity index (χ0n) is 15.7. The highest BCUT2D eigenvalue weighted by Crippen LogP contribution is 2.38. The highest BCUT2D eigenvalue weighted by molar-refractivity contribution is 6.34. The maximum Gasteiger partial charge on any atom is 0.346 e. The Morgan fingerprint density at radius 1 is 1.31 bits per heavy atom. The molecular formula is C19H21ClF2N4O3. The number of anilines is 2. The van der Waals surface area contributed by atoms with Gasteiger partial charge >= 0.3 is 5.69 Å².